The average Bonchev–Trinajstić information content (AvgIpc) is 2.30. The molecule has 0 spiro atoms. The van der Waals surface area contributed by atoms with Gasteiger partial charge in [0.25, 0.3) is 0 Å². The molecule has 0 amide bonds. The highest BCUT2D eigenvalue weighted by Crippen LogP contribution is 2.32. The Morgan fingerprint density at radius 2 is 1.94 bits per heavy atom. The maximum atomic E-state index is 3.25. The molecule has 0 bridgehead atoms. The van der Waals surface area contributed by atoms with E-state index in [2.05, 4.69) is 53.4 Å². The first-order chi connectivity index (χ1) is 7.74. The summed E-state index contributed by atoms with van der Waals surface area (Å²) in [5, 5.41) is 3.25. The predicted octanol–water partition coefficient (Wildman–Crippen LogP) is 1.55. The topological polar surface area (TPSA) is 18.5 Å². The Morgan fingerprint density at radius 3 is 2.62 bits per heavy atom. The molecule has 16 heavy (non-hydrogen) atoms. The van der Waals surface area contributed by atoms with E-state index in [9.17, 15) is 0 Å². The molecule has 0 aromatic heterocycles. The zero-order valence-corrected chi connectivity index (χ0v) is 10.4. The Morgan fingerprint density at radius 1 is 1.25 bits per heavy atom. The minimum atomic E-state index is 0.542. The van der Waals surface area contributed by atoms with Crippen LogP contribution in [-0.4, -0.2) is 39.8 Å². The summed E-state index contributed by atoms with van der Waals surface area (Å²) in [5.41, 5.74) is 2.70. The Bertz CT molecular complexity index is 351. The standard InChI is InChI=1S/C13H21N3/c1-11(10-14-2)16-9-8-15(3)12-6-4-5-7-13(12)16/h4-7,11,14H,8-10H2,1-3H3. The van der Waals surface area contributed by atoms with Crippen molar-refractivity contribution in [2.24, 2.45) is 0 Å². The molecule has 3 nitrogen and oxygen atoms in total. The highest BCUT2D eigenvalue weighted by molar-refractivity contribution is 5.73. The molecule has 3 heteroatoms. The van der Waals surface area contributed by atoms with Gasteiger partial charge in [0.2, 0.25) is 0 Å². The fraction of sp³-hybridized carbons (Fsp3) is 0.538. The predicted molar refractivity (Wildman–Crippen MR) is 70.4 cm³/mol. The Hall–Kier alpha value is -1.22. The number of likely N-dealkylation sites (N-methyl/N-ethyl adjacent to an activating group) is 2. The van der Waals surface area contributed by atoms with Gasteiger partial charge in [-0.25, -0.2) is 0 Å². The van der Waals surface area contributed by atoms with Gasteiger partial charge in [-0.1, -0.05) is 12.1 Å². The van der Waals surface area contributed by atoms with Gasteiger partial charge in [0.1, 0.15) is 0 Å². The van der Waals surface area contributed by atoms with Crippen molar-refractivity contribution in [3.05, 3.63) is 24.3 Å². The molecule has 1 aliphatic rings. The molecule has 2 rings (SSSR count). The lowest BCUT2D eigenvalue weighted by atomic mass is 10.1. The number of hydrogen-bond acceptors (Lipinski definition) is 3. The molecule has 1 aromatic rings. The molecule has 1 atom stereocenters. The Kier molecular flexibility index (Phi) is 3.34. The SMILES string of the molecule is CNCC(C)N1CCN(C)c2ccccc21. The monoisotopic (exact) mass is 219 g/mol. The van der Waals surface area contributed by atoms with Crippen LogP contribution in [0.2, 0.25) is 0 Å². The van der Waals surface area contributed by atoms with E-state index < -0.39 is 0 Å². The largest absolute Gasteiger partial charge is 0.371 e. The fourth-order valence-electron chi connectivity index (χ4n) is 2.39. The smallest absolute Gasteiger partial charge is 0.0607 e. The molecule has 88 valence electrons. The molecule has 1 unspecified atom stereocenters. The van der Waals surface area contributed by atoms with Gasteiger partial charge in [-0.3, -0.25) is 0 Å². The lowest BCUT2D eigenvalue weighted by Gasteiger charge is -2.40. The van der Waals surface area contributed by atoms with E-state index >= 15 is 0 Å². The summed E-state index contributed by atoms with van der Waals surface area (Å²) in [6.45, 7) is 5.51. The number of fused-ring (bicyclic) bond motifs is 1. The van der Waals surface area contributed by atoms with Gasteiger partial charge in [0.15, 0.2) is 0 Å². The van der Waals surface area contributed by atoms with E-state index in [4.69, 9.17) is 0 Å². The third-order valence-electron chi connectivity index (χ3n) is 3.31. The van der Waals surface area contributed by atoms with Crippen molar-refractivity contribution in [3.63, 3.8) is 0 Å². The van der Waals surface area contributed by atoms with Crippen LogP contribution in [0.1, 0.15) is 6.92 Å². The quantitative estimate of drug-likeness (QED) is 0.832. The summed E-state index contributed by atoms with van der Waals surface area (Å²) in [5.74, 6) is 0. The minimum Gasteiger partial charge on any atom is -0.371 e. The van der Waals surface area contributed by atoms with Crippen LogP contribution in [0.4, 0.5) is 11.4 Å². The molecule has 0 saturated heterocycles. The van der Waals surface area contributed by atoms with Gasteiger partial charge in [-0.2, -0.15) is 0 Å². The van der Waals surface area contributed by atoms with Crippen LogP contribution < -0.4 is 15.1 Å². The van der Waals surface area contributed by atoms with Crippen molar-refractivity contribution in [3.8, 4) is 0 Å². The van der Waals surface area contributed by atoms with E-state index in [0.29, 0.717) is 6.04 Å². The molecule has 0 radical (unpaired) electrons. The number of rotatable bonds is 3. The highest BCUT2D eigenvalue weighted by Gasteiger charge is 2.22. The van der Waals surface area contributed by atoms with Crippen LogP contribution in [0, 0.1) is 0 Å². The zero-order chi connectivity index (χ0) is 11.5. The maximum absolute atomic E-state index is 3.25. The van der Waals surface area contributed by atoms with Crippen molar-refractivity contribution >= 4 is 11.4 Å². The van der Waals surface area contributed by atoms with Gasteiger partial charge >= 0.3 is 0 Å². The summed E-state index contributed by atoms with van der Waals surface area (Å²) < 4.78 is 0. The van der Waals surface area contributed by atoms with Crippen LogP contribution >= 0.6 is 0 Å². The number of para-hydroxylation sites is 2. The van der Waals surface area contributed by atoms with Crippen molar-refractivity contribution < 1.29 is 0 Å². The molecule has 1 N–H and O–H groups in total. The Labute approximate surface area is 98.0 Å². The fourth-order valence-corrected chi connectivity index (χ4v) is 2.39. The van der Waals surface area contributed by atoms with E-state index in [1.807, 2.05) is 7.05 Å². The first kappa shape index (κ1) is 11.3. The molecular weight excluding hydrogens is 198 g/mol. The number of nitrogens with one attached hydrogen (secondary N) is 1. The van der Waals surface area contributed by atoms with E-state index in [1.165, 1.54) is 11.4 Å². The first-order valence-corrected chi connectivity index (χ1v) is 5.95. The number of benzene rings is 1. The van der Waals surface area contributed by atoms with Crippen molar-refractivity contribution in [1.29, 1.82) is 0 Å². The van der Waals surface area contributed by atoms with Gasteiger partial charge < -0.3 is 15.1 Å². The summed E-state index contributed by atoms with van der Waals surface area (Å²) in [7, 11) is 4.18. The normalized spacial score (nSPS) is 17.2. The van der Waals surface area contributed by atoms with Crippen LogP contribution in [0.15, 0.2) is 24.3 Å². The van der Waals surface area contributed by atoms with Gasteiger partial charge in [0, 0.05) is 32.7 Å². The van der Waals surface area contributed by atoms with Crippen molar-refractivity contribution in [2.75, 3.05) is 43.5 Å². The van der Waals surface area contributed by atoms with Crippen LogP contribution in [-0.2, 0) is 0 Å². The van der Waals surface area contributed by atoms with Crippen LogP contribution in [0.5, 0.6) is 0 Å². The molecule has 0 saturated carbocycles. The summed E-state index contributed by atoms with van der Waals surface area (Å²) >= 11 is 0. The van der Waals surface area contributed by atoms with Crippen molar-refractivity contribution in [2.45, 2.75) is 13.0 Å². The summed E-state index contributed by atoms with van der Waals surface area (Å²) in [6.07, 6.45) is 0. The molecule has 1 heterocycles. The second kappa shape index (κ2) is 4.74. The van der Waals surface area contributed by atoms with Crippen LogP contribution in [0.3, 0.4) is 0 Å². The molecule has 1 aliphatic heterocycles. The molecule has 0 fully saturated rings. The molecule has 1 aromatic carbocycles. The average molecular weight is 219 g/mol. The lowest BCUT2D eigenvalue weighted by Crippen LogP contribution is -2.47. The first-order valence-electron chi connectivity index (χ1n) is 5.95. The summed E-state index contributed by atoms with van der Waals surface area (Å²) in [4.78, 5) is 4.82. The Balaban J connectivity index is 2.27. The third kappa shape index (κ3) is 2.00. The third-order valence-corrected chi connectivity index (χ3v) is 3.31. The van der Waals surface area contributed by atoms with E-state index in [1.54, 1.807) is 0 Å². The molecule has 0 aliphatic carbocycles. The lowest BCUT2D eigenvalue weighted by molar-refractivity contribution is 0.583. The van der Waals surface area contributed by atoms with Crippen molar-refractivity contribution in [1.82, 2.24) is 5.32 Å². The second-order valence-corrected chi connectivity index (χ2v) is 4.51. The number of anilines is 2. The zero-order valence-electron chi connectivity index (χ0n) is 10.4. The number of hydrogen-bond donors (Lipinski definition) is 1. The minimum absolute atomic E-state index is 0.542. The van der Waals surface area contributed by atoms with E-state index in [-0.39, 0.29) is 0 Å². The molecular formula is C13H21N3. The second-order valence-electron chi connectivity index (χ2n) is 4.51. The van der Waals surface area contributed by atoms with Gasteiger partial charge in [-0.15, -0.1) is 0 Å². The van der Waals surface area contributed by atoms with E-state index in [0.717, 1.165) is 19.6 Å². The maximum Gasteiger partial charge on any atom is 0.0607 e. The van der Waals surface area contributed by atoms with Crippen LogP contribution in [0.25, 0.3) is 0 Å². The van der Waals surface area contributed by atoms with Gasteiger partial charge in [0.05, 0.1) is 11.4 Å². The highest BCUT2D eigenvalue weighted by atomic mass is 15.3. The summed E-state index contributed by atoms with van der Waals surface area (Å²) in [6, 6.07) is 9.20. The number of nitrogens with zero attached hydrogens (tertiary/aromatic N) is 2. The van der Waals surface area contributed by atoms with Gasteiger partial charge in [-0.05, 0) is 26.1 Å².